The van der Waals surface area contributed by atoms with E-state index in [1.54, 1.807) is 19.1 Å². The maximum Gasteiger partial charge on any atom is 0.223 e. The van der Waals surface area contributed by atoms with Crippen molar-refractivity contribution in [3.05, 3.63) is 59.4 Å². The number of aromatic nitrogens is 1. The van der Waals surface area contributed by atoms with Gasteiger partial charge in [0.05, 0.1) is 16.7 Å². The molecule has 0 spiro atoms. The topological polar surface area (TPSA) is 62.0 Å². The first kappa shape index (κ1) is 20.8. The predicted octanol–water partition coefficient (Wildman–Crippen LogP) is 5.37. The van der Waals surface area contributed by atoms with Crippen molar-refractivity contribution >= 4 is 22.6 Å². The van der Waals surface area contributed by atoms with Crippen LogP contribution in [0.1, 0.15) is 50.5 Å². The molecule has 3 aromatic rings. The lowest BCUT2D eigenvalue weighted by molar-refractivity contribution is -0.134. The highest BCUT2D eigenvalue weighted by Crippen LogP contribution is 2.48. The van der Waals surface area contributed by atoms with E-state index in [-0.39, 0.29) is 34.9 Å². The molecular formula is C25H23F3N2O2. The van der Waals surface area contributed by atoms with Crippen molar-refractivity contribution in [3.8, 4) is 11.3 Å². The molecule has 2 aliphatic rings. The summed E-state index contributed by atoms with van der Waals surface area (Å²) < 4.78 is 42.0. The molecule has 2 fully saturated rings. The summed E-state index contributed by atoms with van der Waals surface area (Å²) in [4.78, 5) is 28.0. The van der Waals surface area contributed by atoms with Crippen LogP contribution in [0, 0.1) is 23.4 Å². The van der Waals surface area contributed by atoms with Gasteiger partial charge in [0.25, 0.3) is 0 Å². The number of aromatic amines is 1. The molecule has 1 atom stereocenters. The Morgan fingerprint density at radius 2 is 1.81 bits per heavy atom. The molecule has 1 heterocycles. The summed E-state index contributed by atoms with van der Waals surface area (Å²) in [5, 5.41) is 3.36. The van der Waals surface area contributed by atoms with Crippen LogP contribution in [-0.4, -0.2) is 22.2 Å². The minimum Gasteiger partial charge on any atom is -0.352 e. The van der Waals surface area contributed by atoms with Gasteiger partial charge < -0.3 is 10.3 Å². The Morgan fingerprint density at radius 3 is 2.47 bits per heavy atom. The average molecular weight is 440 g/mol. The van der Waals surface area contributed by atoms with Crippen molar-refractivity contribution < 1.29 is 22.8 Å². The number of Topliss-reactive ketones (excluding diaryl/α,β-unsaturated/α-hetero) is 1. The lowest BCUT2D eigenvalue weighted by Crippen LogP contribution is -2.52. The van der Waals surface area contributed by atoms with Gasteiger partial charge in [-0.15, -0.1) is 0 Å². The molecular weight excluding hydrogens is 417 g/mol. The Bertz CT molecular complexity index is 1230. The molecule has 1 aromatic heterocycles. The van der Waals surface area contributed by atoms with Crippen LogP contribution in [0.4, 0.5) is 13.2 Å². The molecule has 5 rings (SSSR count). The van der Waals surface area contributed by atoms with E-state index in [9.17, 15) is 22.8 Å². The van der Waals surface area contributed by atoms with Gasteiger partial charge in [-0.05, 0) is 80.0 Å². The van der Waals surface area contributed by atoms with Gasteiger partial charge in [0.15, 0.2) is 5.78 Å². The molecule has 32 heavy (non-hydrogen) atoms. The number of rotatable bonds is 4. The lowest BCUT2D eigenvalue weighted by Gasteiger charge is -2.37. The normalized spacial score (nSPS) is 25.2. The number of nitrogens with one attached hydrogen (secondary N) is 2. The summed E-state index contributed by atoms with van der Waals surface area (Å²) in [6, 6.07) is 7.94. The van der Waals surface area contributed by atoms with Crippen molar-refractivity contribution in [1.82, 2.24) is 10.3 Å². The Kier molecular flexibility index (Phi) is 4.87. The zero-order chi connectivity index (χ0) is 22.6. The van der Waals surface area contributed by atoms with E-state index in [0.29, 0.717) is 42.3 Å². The third-order valence-corrected chi connectivity index (χ3v) is 7.01. The molecule has 1 amide bonds. The van der Waals surface area contributed by atoms with E-state index in [1.165, 1.54) is 18.2 Å². The molecule has 0 aliphatic heterocycles. The van der Waals surface area contributed by atoms with E-state index >= 15 is 0 Å². The lowest BCUT2D eigenvalue weighted by atomic mass is 9.69. The second-order valence-corrected chi connectivity index (χ2v) is 9.19. The van der Waals surface area contributed by atoms with Crippen LogP contribution in [0.15, 0.2) is 36.4 Å². The molecule has 166 valence electrons. The van der Waals surface area contributed by atoms with Gasteiger partial charge >= 0.3 is 0 Å². The van der Waals surface area contributed by atoms with Crippen LogP contribution in [0.2, 0.25) is 0 Å². The predicted molar refractivity (Wildman–Crippen MR) is 114 cm³/mol. The van der Waals surface area contributed by atoms with E-state index < -0.39 is 17.2 Å². The number of H-pyrrole nitrogens is 1. The summed E-state index contributed by atoms with van der Waals surface area (Å²) in [7, 11) is 0. The number of ketones is 1. The van der Waals surface area contributed by atoms with E-state index in [0.717, 1.165) is 18.1 Å². The minimum atomic E-state index is -0.797. The highest BCUT2D eigenvalue weighted by atomic mass is 19.1. The summed E-state index contributed by atoms with van der Waals surface area (Å²) >= 11 is 0. The first-order valence-corrected chi connectivity index (χ1v) is 10.9. The number of halogens is 3. The third kappa shape index (κ3) is 3.40. The van der Waals surface area contributed by atoms with Gasteiger partial charge in [0, 0.05) is 23.8 Å². The third-order valence-electron chi connectivity index (χ3n) is 7.01. The standard InChI is InChI=1S/C25H23F3N2O2/c1-25(8-2-3-20(25)31)30-24(32)15-9-14(10-15)21-18-11-17(27)12-19(28)23(18)29-22(21)13-4-6-16(26)7-5-13/h4-7,11-12,14-15,29H,2-3,8-10H2,1H3,(H,30,32). The van der Waals surface area contributed by atoms with E-state index in [1.807, 2.05) is 0 Å². The molecule has 2 aromatic carbocycles. The van der Waals surface area contributed by atoms with Crippen molar-refractivity contribution in [2.24, 2.45) is 5.92 Å². The molecule has 0 radical (unpaired) electrons. The Morgan fingerprint density at radius 1 is 1.09 bits per heavy atom. The second-order valence-electron chi connectivity index (χ2n) is 9.19. The number of fused-ring (bicyclic) bond motifs is 1. The SMILES string of the molecule is CC1(NC(=O)C2CC(c3c(-c4ccc(F)cc4)[nH]c4c(F)cc(F)cc34)C2)CCCC1=O. The van der Waals surface area contributed by atoms with Gasteiger partial charge in [0.1, 0.15) is 17.5 Å². The number of amides is 1. The fourth-order valence-electron chi connectivity index (χ4n) is 5.10. The number of hydrogen-bond donors (Lipinski definition) is 2. The second kappa shape index (κ2) is 7.50. The molecule has 0 bridgehead atoms. The summed E-state index contributed by atoms with van der Waals surface area (Å²) in [5.41, 5.74) is 1.39. The average Bonchev–Trinajstić information content (AvgIpc) is 3.22. The number of hydrogen-bond acceptors (Lipinski definition) is 2. The minimum absolute atomic E-state index is 0.0582. The van der Waals surface area contributed by atoms with Crippen LogP contribution >= 0.6 is 0 Å². The van der Waals surface area contributed by atoms with Gasteiger partial charge in [-0.3, -0.25) is 9.59 Å². The summed E-state index contributed by atoms with van der Waals surface area (Å²) in [6.07, 6.45) is 2.92. The van der Waals surface area contributed by atoms with Gasteiger partial charge in [0.2, 0.25) is 5.91 Å². The van der Waals surface area contributed by atoms with Crippen LogP contribution in [0.25, 0.3) is 22.2 Å². The number of benzene rings is 2. The smallest absolute Gasteiger partial charge is 0.223 e. The maximum absolute atomic E-state index is 14.5. The number of carbonyl (C=O) groups is 2. The van der Waals surface area contributed by atoms with E-state index in [4.69, 9.17) is 0 Å². The van der Waals surface area contributed by atoms with Crippen molar-refractivity contribution in [3.63, 3.8) is 0 Å². The molecule has 2 aliphatic carbocycles. The summed E-state index contributed by atoms with van der Waals surface area (Å²) in [6.45, 7) is 1.77. The first-order valence-electron chi connectivity index (χ1n) is 10.9. The van der Waals surface area contributed by atoms with E-state index in [2.05, 4.69) is 10.3 Å². The quantitative estimate of drug-likeness (QED) is 0.573. The van der Waals surface area contributed by atoms with Crippen molar-refractivity contribution in [1.29, 1.82) is 0 Å². The molecule has 0 saturated heterocycles. The highest BCUT2D eigenvalue weighted by Gasteiger charge is 2.43. The van der Waals surface area contributed by atoms with Crippen molar-refractivity contribution in [2.75, 3.05) is 0 Å². The Labute approximate surface area is 183 Å². The van der Waals surface area contributed by atoms with Crippen LogP contribution < -0.4 is 5.32 Å². The largest absolute Gasteiger partial charge is 0.352 e. The maximum atomic E-state index is 14.5. The van der Waals surface area contributed by atoms with Crippen molar-refractivity contribution in [2.45, 2.75) is 50.5 Å². The fraction of sp³-hybridized carbons (Fsp3) is 0.360. The monoisotopic (exact) mass is 440 g/mol. The Hall–Kier alpha value is -3.09. The molecule has 2 saturated carbocycles. The van der Waals surface area contributed by atoms with Gasteiger partial charge in [-0.1, -0.05) is 0 Å². The zero-order valence-corrected chi connectivity index (χ0v) is 17.6. The van der Waals surface area contributed by atoms with Gasteiger partial charge in [-0.25, -0.2) is 13.2 Å². The Balaban J connectivity index is 1.45. The molecule has 1 unspecified atom stereocenters. The zero-order valence-electron chi connectivity index (χ0n) is 17.6. The summed E-state index contributed by atoms with van der Waals surface area (Å²) in [5.74, 6) is -2.22. The highest BCUT2D eigenvalue weighted by molar-refractivity contribution is 5.95. The molecule has 7 heteroatoms. The number of carbonyl (C=O) groups excluding carboxylic acids is 2. The fourth-order valence-corrected chi connectivity index (χ4v) is 5.10. The molecule has 4 nitrogen and oxygen atoms in total. The van der Waals surface area contributed by atoms with Gasteiger partial charge in [-0.2, -0.15) is 0 Å². The van der Waals surface area contributed by atoms with Crippen LogP contribution in [0.5, 0.6) is 0 Å². The first-order chi connectivity index (χ1) is 15.2. The van der Waals surface area contributed by atoms with Crippen LogP contribution in [-0.2, 0) is 9.59 Å². The molecule has 2 N–H and O–H groups in total. The van der Waals surface area contributed by atoms with Crippen LogP contribution in [0.3, 0.4) is 0 Å².